The Kier molecular flexibility index (Phi) is 10.6. The zero-order valence-electron chi connectivity index (χ0n) is 22.6. The van der Waals surface area contributed by atoms with Gasteiger partial charge in [0.2, 0.25) is 21.8 Å². The number of nitrogens with zero attached hydrogens (tertiary/aromatic N) is 2. The first-order chi connectivity index (χ1) is 19.5. The Morgan fingerprint density at radius 3 is 2.10 bits per heavy atom. The maximum absolute atomic E-state index is 14.2. The van der Waals surface area contributed by atoms with E-state index in [1.807, 2.05) is 30.3 Å². The first kappa shape index (κ1) is 31.2. The van der Waals surface area contributed by atoms with Crippen molar-refractivity contribution in [1.29, 1.82) is 0 Å². The van der Waals surface area contributed by atoms with E-state index in [1.54, 1.807) is 30.3 Å². The molecule has 0 aromatic heterocycles. The SMILES string of the molecule is CS(=O)(=O)N(CC(=O)N(Cc1c(Cl)cccc1Cl)C(Cc1ccccc1)C(=O)NC1CCCC1)c1ccc(Cl)cc1. The molecule has 218 valence electrons. The van der Waals surface area contributed by atoms with Crippen LogP contribution < -0.4 is 9.62 Å². The van der Waals surface area contributed by atoms with E-state index in [2.05, 4.69) is 5.32 Å². The van der Waals surface area contributed by atoms with E-state index in [-0.39, 0.29) is 30.6 Å². The lowest BCUT2D eigenvalue weighted by molar-refractivity contribution is -0.140. The molecule has 0 radical (unpaired) electrons. The molecule has 1 aliphatic rings. The predicted molar refractivity (Wildman–Crippen MR) is 165 cm³/mol. The fraction of sp³-hybridized carbons (Fsp3) is 0.333. The van der Waals surface area contributed by atoms with Gasteiger partial charge in [-0.05, 0) is 54.8 Å². The van der Waals surface area contributed by atoms with Gasteiger partial charge in [0.05, 0.1) is 11.9 Å². The fourth-order valence-corrected chi connectivity index (χ4v) is 6.49. The van der Waals surface area contributed by atoms with E-state index in [1.165, 1.54) is 17.0 Å². The first-order valence-electron chi connectivity index (χ1n) is 13.3. The van der Waals surface area contributed by atoms with Crippen molar-refractivity contribution in [3.05, 3.63) is 99.0 Å². The molecule has 7 nitrogen and oxygen atoms in total. The van der Waals surface area contributed by atoms with Crippen molar-refractivity contribution in [2.75, 3.05) is 17.1 Å². The lowest BCUT2D eigenvalue weighted by Gasteiger charge is -2.34. The number of hydrogen-bond donors (Lipinski definition) is 1. The molecule has 1 N–H and O–H groups in total. The van der Waals surface area contributed by atoms with Gasteiger partial charge in [-0.3, -0.25) is 13.9 Å². The highest BCUT2D eigenvalue weighted by Crippen LogP contribution is 2.28. The van der Waals surface area contributed by atoms with Crippen LogP contribution in [0.4, 0.5) is 5.69 Å². The third-order valence-corrected chi connectivity index (χ3v) is 9.26. The Balaban J connectivity index is 1.75. The van der Waals surface area contributed by atoms with Crippen molar-refractivity contribution in [2.24, 2.45) is 0 Å². The molecule has 1 aliphatic carbocycles. The molecular formula is C30H32Cl3N3O4S. The number of carbonyl (C=O) groups excluding carboxylic acids is 2. The normalized spacial score (nSPS) is 14.4. The zero-order valence-corrected chi connectivity index (χ0v) is 25.7. The van der Waals surface area contributed by atoms with Gasteiger partial charge in [-0.25, -0.2) is 8.42 Å². The first-order valence-corrected chi connectivity index (χ1v) is 16.3. The van der Waals surface area contributed by atoms with Crippen LogP contribution in [0.15, 0.2) is 72.8 Å². The monoisotopic (exact) mass is 635 g/mol. The van der Waals surface area contributed by atoms with Crippen molar-refractivity contribution >= 4 is 62.3 Å². The highest BCUT2D eigenvalue weighted by Gasteiger charge is 2.35. The van der Waals surface area contributed by atoms with Gasteiger partial charge in [-0.1, -0.05) is 84.0 Å². The molecule has 2 amide bonds. The molecule has 0 aliphatic heterocycles. The highest BCUT2D eigenvalue weighted by atomic mass is 35.5. The number of anilines is 1. The van der Waals surface area contributed by atoms with E-state index in [9.17, 15) is 18.0 Å². The van der Waals surface area contributed by atoms with E-state index < -0.39 is 28.5 Å². The van der Waals surface area contributed by atoms with Crippen molar-refractivity contribution in [1.82, 2.24) is 10.2 Å². The molecule has 0 spiro atoms. The Labute approximate surface area is 256 Å². The lowest BCUT2D eigenvalue weighted by Crippen LogP contribution is -2.54. The molecule has 1 unspecified atom stereocenters. The van der Waals surface area contributed by atoms with Crippen LogP contribution in [0, 0.1) is 0 Å². The van der Waals surface area contributed by atoms with Crippen molar-refractivity contribution < 1.29 is 18.0 Å². The number of hydrogen-bond acceptors (Lipinski definition) is 4. The van der Waals surface area contributed by atoms with Crippen molar-refractivity contribution in [3.63, 3.8) is 0 Å². The third-order valence-electron chi connectivity index (χ3n) is 7.16. The topological polar surface area (TPSA) is 86.8 Å². The number of halogens is 3. The summed E-state index contributed by atoms with van der Waals surface area (Å²) < 4.78 is 26.7. The second-order valence-electron chi connectivity index (χ2n) is 10.2. The van der Waals surface area contributed by atoms with Gasteiger partial charge in [-0.2, -0.15) is 0 Å². The van der Waals surface area contributed by atoms with E-state index in [4.69, 9.17) is 34.8 Å². The molecule has 0 saturated heterocycles. The van der Waals surface area contributed by atoms with Gasteiger partial charge in [0, 0.05) is 39.6 Å². The summed E-state index contributed by atoms with van der Waals surface area (Å²) in [4.78, 5) is 29.4. The lowest BCUT2D eigenvalue weighted by atomic mass is 10.0. The molecule has 3 aromatic carbocycles. The smallest absolute Gasteiger partial charge is 0.244 e. The molecule has 3 aromatic rings. The summed E-state index contributed by atoms with van der Waals surface area (Å²) in [5.74, 6) is -0.890. The molecule has 1 fully saturated rings. The van der Waals surface area contributed by atoms with E-state index in [0.717, 1.165) is 41.8 Å². The number of benzene rings is 3. The number of sulfonamides is 1. The molecule has 0 heterocycles. The maximum atomic E-state index is 14.2. The van der Waals surface area contributed by atoms with Gasteiger partial charge >= 0.3 is 0 Å². The number of carbonyl (C=O) groups is 2. The summed E-state index contributed by atoms with van der Waals surface area (Å²) >= 11 is 19.0. The molecule has 41 heavy (non-hydrogen) atoms. The molecule has 11 heteroatoms. The Morgan fingerprint density at radius 1 is 0.902 bits per heavy atom. The Morgan fingerprint density at radius 2 is 1.51 bits per heavy atom. The number of rotatable bonds is 11. The predicted octanol–water partition coefficient (Wildman–Crippen LogP) is 6.11. The van der Waals surface area contributed by atoms with Gasteiger partial charge < -0.3 is 10.2 Å². The maximum Gasteiger partial charge on any atom is 0.244 e. The summed E-state index contributed by atoms with van der Waals surface area (Å²) in [6, 6.07) is 19.6. The minimum atomic E-state index is -3.88. The van der Waals surface area contributed by atoms with Crippen LogP contribution in [-0.2, 0) is 32.6 Å². The largest absolute Gasteiger partial charge is 0.352 e. The minimum absolute atomic E-state index is 0.0169. The summed E-state index contributed by atoms with van der Waals surface area (Å²) in [6.07, 6.45) is 5.03. The van der Waals surface area contributed by atoms with Crippen LogP contribution in [0.2, 0.25) is 15.1 Å². The summed E-state index contributed by atoms with van der Waals surface area (Å²) in [7, 11) is -3.88. The quantitative estimate of drug-likeness (QED) is 0.275. The average Bonchev–Trinajstić information content (AvgIpc) is 3.44. The molecule has 1 saturated carbocycles. The third kappa shape index (κ3) is 8.38. The standard InChI is InChI=1S/C30H32Cl3N3O4S/c1-41(39,40)36(24-16-14-22(31)15-17-24)20-29(37)35(19-25-26(32)12-7-13-27(25)33)28(18-21-8-3-2-4-9-21)30(38)34-23-10-5-6-11-23/h2-4,7-9,12-17,23,28H,5-6,10-11,18-20H2,1H3,(H,34,38). The van der Waals surface area contributed by atoms with Gasteiger partial charge in [0.15, 0.2) is 0 Å². The Hall–Kier alpha value is -2.78. The summed E-state index contributed by atoms with van der Waals surface area (Å²) in [5, 5.41) is 4.22. The number of amides is 2. The van der Waals surface area contributed by atoms with Gasteiger partial charge in [-0.15, -0.1) is 0 Å². The highest BCUT2D eigenvalue weighted by molar-refractivity contribution is 7.92. The van der Waals surface area contributed by atoms with Crippen LogP contribution in [0.3, 0.4) is 0 Å². The molecule has 1 atom stereocenters. The van der Waals surface area contributed by atoms with E-state index >= 15 is 0 Å². The Bertz CT molecular complexity index is 1440. The van der Waals surface area contributed by atoms with E-state index in [0.29, 0.717) is 20.6 Å². The van der Waals surface area contributed by atoms with Gasteiger partial charge in [0.25, 0.3) is 0 Å². The van der Waals surface area contributed by atoms with Gasteiger partial charge in [0.1, 0.15) is 12.6 Å². The number of nitrogens with one attached hydrogen (secondary N) is 1. The van der Waals surface area contributed by atoms with Crippen LogP contribution in [0.25, 0.3) is 0 Å². The zero-order chi connectivity index (χ0) is 29.6. The van der Waals surface area contributed by atoms with Crippen molar-refractivity contribution in [2.45, 2.75) is 50.7 Å². The van der Waals surface area contributed by atoms with Crippen LogP contribution in [0.5, 0.6) is 0 Å². The minimum Gasteiger partial charge on any atom is -0.352 e. The summed E-state index contributed by atoms with van der Waals surface area (Å²) in [5.41, 5.74) is 1.59. The van der Waals surface area contributed by atoms with Crippen LogP contribution in [0.1, 0.15) is 36.8 Å². The second kappa shape index (κ2) is 13.9. The fourth-order valence-electron chi connectivity index (χ4n) is 5.00. The van der Waals surface area contributed by atoms with Crippen LogP contribution >= 0.6 is 34.8 Å². The second-order valence-corrected chi connectivity index (χ2v) is 13.3. The molecular weight excluding hydrogens is 605 g/mol. The van der Waals surface area contributed by atoms with Crippen LogP contribution in [-0.4, -0.2) is 50.0 Å². The molecule has 0 bridgehead atoms. The average molecular weight is 637 g/mol. The molecule has 4 rings (SSSR count). The summed E-state index contributed by atoms with van der Waals surface area (Å²) in [6.45, 7) is -0.629. The van der Waals surface area contributed by atoms with Crippen molar-refractivity contribution in [3.8, 4) is 0 Å².